The maximum absolute atomic E-state index is 4.15. The van der Waals surface area contributed by atoms with E-state index in [0.717, 1.165) is 0 Å². The Bertz CT molecular complexity index is 251. The first-order chi connectivity index (χ1) is 7.56. The molecular weight excluding hydrogens is 240 g/mol. The van der Waals surface area contributed by atoms with Gasteiger partial charge in [-0.25, -0.2) is 0 Å². The van der Waals surface area contributed by atoms with Crippen molar-refractivity contribution in [2.24, 2.45) is 0 Å². The van der Waals surface area contributed by atoms with Crippen LogP contribution >= 0.6 is 0 Å². The first kappa shape index (κ1) is 15.4. The average Bonchev–Trinajstić information content (AvgIpc) is 2.15. The van der Waals surface area contributed by atoms with Crippen LogP contribution in [0.4, 0.5) is 0 Å². The highest BCUT2D eigenvalue weighted by Gasteiger charge is 2.42. The molecule has 1 saturated heterocycles. The molecule has 1 heterocycles. The predicted molar refractivity (Wildman–Crippen MR) is 83.2 cm³/mol. The minimum absolute atomic E-state index is 0.438. The van der Waals surface area contributed by atoms with Crippen molar-refractivity contribution in [3.63, 3.8) is 0 Å². The van der Waals surface area contributed by atoms with Gasteiger partial charge in [-0.3, -0.25) is 0 Å². The Labute approximate surface area is 110 Å². The summed E-state index contributed by atoms with van der Waals surface area (Å²) in [6.45, 7) is 19.8. The number of nitrogens with one attached hydrogen (secondary N) is 1. The van der Waals surface area contributed by atoms with E-state index < -0.39 is 16.6 Å². The molecule has 102 valence electrons. The zero-order valence-corrected chi connectivity index (χ0v) is 15.0. The van der Waals surface area contributed by atoms with Gasteiger partial charge in [0.25, 0.3) is 0 Å². The smallest absolute Gasteiger partial charge is 0.191 e. The fourth-order valence-corrected chi connectivity index (χ4v) is 12.2. The highest BCUT2D eigenvalue weighted by atomic mass is 28.4. The number of rotatable bonds is 3. The minimum Gasteiger partial charge on any atom is -0.347 e. The third-order valence-corrected chi connectivity index (χ3v) is 15.4. The molecule has 0 amide bonds. The van der Waals surface area contributed by atoms with Crippen molar-refractivity contribution in [1.82, 2.24) is 9.21 Å². The second-order valence-electron chi connectivity index (χ2n) is 7.61. The minimum atomic E-state index is -1.40. The molecule has 0 spiro atoms. The molecule has 1 aliphatic rings. The number of piperidine rings is 1. The molecule has 0 radical (unpaired) electrons. The highest BCUT2D eigenvalue weighted by molar-refractivity contribution is 6.91. The van der Waals surface area contributed by atoms with Gasteiger partial charge in [-0.1, -0.05) is 40.3 Å². The quantitative estimate of drug-likeness (QED) is 0.787. The lowest BCUT2D eigenvalue weighted by molar-refractivity contribution is 0.340. The third kappa shape index (κ3) is 3.91. The third-order valence-electron chi connectivity index (χ3n) is 4.64. The van der Waals surface area contributed by atoms with Crippen molar-refractivity contribution in [3.05, 3.63) is 0 Å². The van der Waals surface area contributed by atoms with Crippen molar-refractivity contribution in [2.75, 3.05) is 13.1 Å². The van der Waals surface area contributed by atoms with E-state index in [1.165, 1.54) is 32.4 Å². The van der Waals surface area contributed by atoms with Crippen molar-refractivity contribution in [1.29, 1.82) is 0 Å². The van der Waals surface area contributed by atoms with Crippen LogP contribution in [0, 0.1) is 0 Å². The largest absolute Gasteiger partial charge is 0.347 e. The van der Waals surface area contributed by atoms with Crippen molar-refractivity contribution < 1.29 is 0 Å². The lowest BCUT2D eigenvalue weighted by Crippen LogP contribution is -2.70. The molecule has 1 fully saturated rings. The van der Waals surface area contributed by atoms with Crippen LogP contribution < -0.4 is 4.65 Å². The topological polar surface area (TPSA) is 15.3 Å². The van der Waals surface area contributed by atoms with E-state index >= 15 is 0 Å². The zero-order chi connectivity index (χ0) is 13.3. The maximum atomic E-state index is 4.15. The molecule has 2 nitrogen and oxygen atoms in total. The summed E-state index contributed by atoms with van der Waals surface area (Å²) in [4.78, 5) is 0. The highest BCUT2D eigenvalue weighted by Crippen LogP contribution is 2.35. The van der Waals surface area contributed by atoms with Gasteiger partial charge in [-0.05, 0) is 44.1 Å². The van der Waals surface area contributed by atoms with Gasteiger partial charge in [-0.2, -0.15) is 0 Å². The summed E-state index contributed by atoms with van der Waals surface area (Å²) in [5, 5.41) is 0.438. The Morgan fingerprint density at radius 2 is 1.35 bits per heavy atom. The fraction of sp³-hybridized carbons (Fsp3) is 1.00. The van der Waals surface area contributed by atoms with Gasteiger partial charge < -0.3 is 9.21 Å². The van der Waals surface area contributed by atoms with E-state index in [9.17, 15) is 0 Å². The van der Waals surface area contributed by atoms with Crippen molar-refractivity contribution >= 4 is 16.6 Å². The van der Waals surface area contributed by atoms with E-state index in [-0.39, 0.29) is 0 Å². The Morgan fingerprint density at radius 1 is 0.882 bits per heavy atom. The Morgan fingerprint density at radius 3 is 1.76 bits per heavy atom. The summed E-state index contributed by atoms with van der Waals surface area (Å²) in [5.41, 5.74) is 0. The molecule has 0 unspecified atom stereocenters. The van der Waals surface area contributed by atoms with Crippen LogP contribution in [0.3, 0.4) is 0 Å². The summed E-state index contributed by atoms with van der Waals surface area (Å²) in [7, 11) is -2.76. The van der Waals surface area contributed by atoms with Crippen LogP contribution in [0.2, 0.25) is 31.2 Å². The molecule has 0 aromatic carbocycles. The van der Waals surface area contributed by atoms with Crippen LogP contribution in [-0.2, 0) is 0 Å². The second kappa shape index (κ2) is 5.15. The molecule has 0 saturated carbocycles. The summed E-state index contributed by atoms with van der Waals surface area (Å²) < 4.78 is 6.92. The van der Waals surface area contributed by atoms with Gasteiger partial charge in [0.1, 0.15) is 8.24 Å². The molecular formula is C13H32N2Si2. The summed E-state index contributed by atoms with van der Waals surface area (Å²) in [5.74, 6) is 0. The fourth-order valence-electron chi connectivity index (χ4n) is 2.48. The summed E-state index contributed by atoms with van der Waals surface area (Å²) in [6, 6.07) is 0. The predicted octanol–water partition coefficient (Wildman–Crippen LogP) is 3.77. The van der Waals surface area contributed by atoms with Gasteiger partial charge in [0.2, 0.25) is 0 Å². The number of nitrogens with zero attached hydrogens (tertiary/aromatic N) is 1. The van der Waals surface area contributed by atoms with E-state index in [0.29, 0.717) is 5.04 Å². The Kier molecular flexibility index (Phi) is 4.67. The molecule has 1 N–H and O–H groups in total. The monoisotopic (exact) mass is 272 g/mol. The van der Waals surface area contributed by atoms with Gasteiger partial charge in [0.05, 0.1) is 0 Å². The first-order valence-electron chi connectivity index (χ1n) is 7.11. The van der Waals surface area contributed by atoms with E-state index in [1.807, 2.05) is 0 Å². The Hall–Kier alpha value is 0.354. The van der Waals surface area contributed by atoms with Crippen LogP contribution in [0.1, 0.15) is 40.0 Å². The zero-order valence-electron chi connectivity index (χ0n) is 13.0. The maximum Gasteiger partial charge on any atom is 0.191 e. The molecule has 0 bridgehead atoms. The van der Waals surface area contributed by atoms with Crippen LogP contribution in [0.15, 0.2) is 0 Å². The molecule has 0 aliphatic carbocycles. The van der Waals surface area contributed by atoms with Crippen LogP contribution in [-0.4, -0.2) is 34.3 Å². The van der Waals surface area contributed by atoms with Crippen molar-refractivity contribution in [2.45, 2.75) is 71.3 Å². The average molecular weight is 273 g/mol. The molecule has 0 aromatic rings. The number of hydrogen-bond donors (Lipinski definition) is 1. The molecule has 1 rings (SSSR count). The molecule has 17 heavy (non-hydrogen) atoms. The van der Waals surface area contributed by atoms with Crippen molar-refractivity contribution in [3.8, 4) is 0 Å². The molecule has 1 aliphatic heterocycles. The number of hydrogen-bond acceptors (Lipinski definition) is 2. The first-order valence-corrected chi connectivity index (χ1v) is 13.1. The van der Waals surface area contributed by atoms with Gasteiger partial charge >= 0.3 is 0 Å². The Balaban J connectivity index is 2.71. The standard InChI is InChI=1S/C13H32N2Si2/c1-13(2,3)16(4,5)14-17(6,7)15-11-9-8-10-12-15/h14H,8-12H2,1-7H3. The SMILES string of the molecule is CC(C)(C)[Si](C)(C)N[Si](C)(C)N1CCCCC1. The summed E-state index contributed by atoms with van der Waals surface area (Å²) in [6.07, 6.45) is 4.23. The molecule has 0 atom stereocenters. The lowest BCUT2D eigenvalue weighted by Gasteiger charge is -2.48. The van der Waals surface area contributed by atoms with Crippen LogP contribution in [0.25, 0.3) is 0 Å². The van der Waals surface area contributed by atoms with E-state index in [1.54, 1.807) is 0 Å². The molecule has 0 aromatic heterocycles. The summed E-state index contributed by atoms with van der Waals surface area (Å²) >= 11 is 0. The lowest BCUT2D eigenvalue weighted by atomic mass is 10.2. The normalized spacial score (nSPS) is 20.6. The van der Waals surface area contributed by atoms with Crippen LogP contribution in [0.5, 0.6) is 0 Å². The van der Waals surface area contributed by atoms with E-state index in [2.05, 4.69) is 56.2 Å². The van der Waals surface area contributed by atoms with Gasteiger partial charge in [0, 0.05) is 0 Å². The van der Waals surface area contributed by atoms with E-state index in [4.69, 9.17) is 0 Å². The van der Waals surface area contributed by atoms with Gasteiger partial charge in [-0.15, -0.1) is 0 Å². The second-order valence-corrected chi connectivity index (χ2v) is 17.1. The van der Waals surface area contributed by atoms with Gasteiger partial charge in [0.15, 0.2) is 8.40 Å². The molecule has 4 heteroatoms.